The van der Waals surface area contributed by atoms with E-state index in [-0.39, 0.29) is 24.0 Å². The minimum absolute atomic E-state index is 0.172. The highest BCUT2D eigenvalue weighted by Crippen LogP contribution is 2.42. The van der Waals surface area contributed by atoms with Gasteiger partial charge in [-0.1, -0.05) is 12.1 Å². The number of nitriles is 1. The maximum atomic E-state index is 12.4. The first-order chi connectivity index (χ1) is 11.9. The smallest absolute Gasteiger partial charge is 0.323 e. The van der Waals surface area contributed by atoms with E-state index >= 15 is 0 Å². The van der Waals surface area contributed by atoms with Gasteiger partial charge in [0.05, 0.1) is 25.4 Å². The van der Waals surface area contributed by atoms with Crippen LogP contribution in [0.15, 0.2) is 24.3 Å². The van der Waals surface area contributed by atoms with Gasteiger partial charge in [0.25, 0.3) is 0 Å². The molecular formula is C20H27NO4. The van der Waals surface area contributed by atoms with Crippen molar-refractivity contribution >= 4 is 5.97 Å². The van der Waals surface area contributed by atoms with E-state index in [1.807, 2.05) is 24.3 Å². The minimum atomic E-state index is -0.827. The predicted octanol–water partition coefficient (Wildman–Crippen LogP) is 3.69. The molecule has 0 spiro atoms. The largest absolute Gasteiger partial charge is 0.497 e. The Kier molecular flexibility index (Phi) is 6.44. The van der Waals surface area contributed by atoms with E-state index in [0.29, 0.717) is 6.61 Å². The number of methoxy groups -OCH3 is 1. The SMILES string of the molecule is CCOC(=O)[C@@H](C#N)[C@H](c1ccc(OC)cc1)[C@H]1CCOC(C)(C)C1. The second-order valence-corrected chi connectivity index (χ2v) is 7.02. The first-order valence-corrected chi connectivity index (χ1v) is 8.76. The topological polar surface area (TPSA) is 68.6 Å². The standard InChI is InChI=1S/C20H27NO4/c1-5-24-19(22)17(13-21)18(14-6-8-16(23-4)9-7-14)15-10-11-25-20(2,3)12-15/h6-9,15,17-18H,5,10-12H2,1-4H3/t15-,17-,18+/m0/s1. The fourth-order valence-corrected chi connectivity index (χ4v) is 3.66. The van der Waals surface area contributed by atoms with Gasteiger partial charge in [-0.15, -0.1) is 0 Å². The van der Waals surface area contributed by atoms with Gasteiger partial charge in [-0.25, -0.2) is 0 Å². The van der Waals surface area contributed by atoms with Crippen molar-refractivity contribution in [3.8, 4) is 11.8 Å². The first kappa shape index (κ1) is 19.3. The van der Waals surface area contributed by atoms with Crippen molar-refractivity contribution in [3.05, 3.63) is 29.8 Å². The summed E-state index contributed by atoms with van der Waals surface area (Å²) in [6.07, 6.45) is 1.61. The van der Waals surface area contributed by atoms with Gasteiger partial charge in [0, 0.05) is 12.5 Å². The lowest BCUT2D eigenvalue weighted by Crippen LogP contribution is -2.39. The molecule has 0 N–H and O–H groups in total. The zero-order valence-electron chi connectivity index (χ0n) is 15.5. The second-order valence-electron chi connectivity index (χ2n) is 7.02. The Morgan fingerprint density at radius 2 is 2.08 bits per heavy atom. The lowest BCUT2D eigenvalue weighted by atomic mass is 9.71. The third-order valence-electron chi connectivity index (χ3n) is 4.78. The zero-order valence-corrected chi connectivity index (χ0v) is 15.5. The number of ether oxygens (including phenoxy) is 3. The van der Waals surface area contributed by atoms with E-state index in [2.05, 4.69) is 19.9 Å². The highest BCUT2D eigenvalue weighted by Gasteiger charge is 2.41. The highest BCUT2D eigenvalue weighted by atomic mass is 16.5. The van der Waals surface area contributed by atoms with Crippen LogP contribution < -0.4 is 4.74 Å². The van der Waals surface area contributed by atoms with Crippen LogP contribution in [0.3, 0.4) is 0 Å². The van der Waals surface area contributed by atoms with E-state index < -0.39 is 11.9 Å². The molecule has 1 aliphatic rings. The van der Waals surface area contributed by atoms with Crippen molar-refractivity contribution in [2.45, 2.75) is 45.1 Å². The summed E-state index contributed by atoms with van der Waals surface area (Å²) in [5.41, 5.74) is 0.700. The van der Waals surface area contributed by atoms with Crippen LogP contribution in [0.2, 0.25) is 0 Å². The molecule has 1 aliphatic heterocycles. The number of carbonyl (C=O) groups excluding carboxylic acids is 1. The van der Waals surface area contributed by atoms with Crippen LogP contribution >= 0.6 is 0 Å². The molecule has 0 saturated carbocycles. The number of rotatable bonds is 6. The van der Waals surface area contributed by atoms with Crippen LogP contribution in [0.1, 0.15) is 45.1 Å². The van der Waals surface area contributed by atoms with Crippen molar-refractivity contribution in [2.24, 2.45) is 11.8 Å². The Morgan fingerprint density at radius 3 is 2.60 bits per heavy atom. The maximum Gasteiger partial charge on any atom is 0.323 e. The summed E-state index contributed by atoms with van der Waals surface area (Å²) < 4.78 is 16.2. The first-order valence-electron chi connectivity index (χ1n) is 8.76. The number of esters is 1. The average molecular weight is 345 g/mol. The number of nitrogens with zero attached hydrogens (tertiary/aromatic N) is 1. The number of hydrogen-bond donors (Lipinski definition) is 0. The highest BCUT2D eigenvalue weighted by molar-refractivity contribution is 5.76. The van der Waals surface area contributed by atoms with E-state index in [0.717, 1.165) is 24.2 Å². The van der Waals surface area contributed by atoms with Crippen molar-refractivity contribution in [1.82, 2.24) is 0 Å². The molecule has 0 aromatic heterocycles. The fraction of sp³-hybridized carbons (Fsp3) is 0.600. The van der Waals surface area contributed by atoms with Crippen LogP contribution in [-0.2, 0) is 14.3 Å². The lowest BCUT2D eigenvalue weighted by molar-refractivity contribution is -0.148. The summed E-state index contributed by atoms with van der Waals surface area (Å²) in [4.78, 5) is 12.4. The van der Waals surface area contributed by atoms with Crippen LogP contribution in [0.5, 0.6) is 5.75 Å². The fourth-order valence-electron chi connectivity index (χ4n) is 3.66. The third-order valence-corrected chi connectivity index (χ3v) is 4.78. The molecule has 136 valence electrons. The van der Waals surface area contributed by atoms with Crippen molar-refractivity contribution < 1.29 is 19.0 Å². The monoisotopic (exact) mass is 345 g/mol. The molecular weight excluding hydrogens is 318 g/mol. The summed E-state index contributed by atoms with van der Waals surface area (Å²) in [6, 6.07) is 9.81. The molecule has 25 heavy (non-hydrogen) atoms. The Hall–Kier alpha value is -2.06. The molecule has 0 bridgehead atoms. The van der Waals surface area contributed by atoms with Crippen molar-refractivity contribution in [1.29, 1.82) is 5.26 Å². The molecule has 5 nitrogen and oxygen atoms in total. The van der Waals surface area contributed by atoms with Crippen LogP contribution in [-0.4, -0.2) is 31.9 Å². The molecule has 2 rings (SSSR count). The Labute approximate surface area is 149 Å². The molecule has 5 heteroatoms. The summed E-state index contributed by atoms with van der Waals surface area (Å²) in [7, 11) is 1.62. The minimum Gasteiger partial charge on any atom is -0.497 e. The summed E-state index contributed by atoms with van der Waals surface area (Å²) in [5.74, 6) is -0.578. The zero-order chi connectivity index (χ0) is 18.4. The van der Waals surface area contributed by atoms with Crippen LogP contribution in [0.25, 0.3) is 0 Å². The number of carbonyl (C=O) groups is 1. The predicted molar refractivity (Wildman–Crippen MR) is 94.2 cm³/mol. The lowest BCUT2D eigenvalue weighted by Gasteiger charge is -2.40. The van der Waals surface area contributed by atoms with E-state index in [1.165, 1.54) is 0 Å². The quantitative estimate of drug-likeness (QED) is 0.736. The molecule has 3 atom stereocenters. The molecule has 1 saturated heterocycles. The van der Waals surface area contributed by atoms with E-state index in [1.54, 1.807) is 14.0 Å². The third kappa shape index (κ3) is 4.73. The summed E-state index contributed by atoms with van der Waals surface area (Å²) in [5, 5.41) is 9.71. The van der Waals surface area contributed by atoms with Gasteiger partial charge >= 0.3 is 5.97 Å². The molecule has 1 fully saturated rings. The Bertz CT molecular complexity index is 618. The van der Waals surface area contributed by atoms with Gasteiger partial charge in [-0.05, 0) is 57.2 Å². The van der Waals surface area contributed by atoms with Gasteiger partial charge in [-0.2, -0.15) is 5.26 Å². The Morgan fingerprint density at radius 1 is 1.40 bits per heavy atom. The molecule has 0 amide bonds. The molecule has 1 aromatic carbocycles. The van der Waals surface area contributed by atoms with Gasteiger partial charge in [0.1, 0.15) is 5.75 Å². The number of hydrogen-bond acceptors (Lipinski definition) is 5. The summed E-state index contributed by atoms with van der Waals surface area (Å²) in [6.45, 7) is 6.76. The van der Waals surface area contributed by atoms with E-state index in [4.69, 9.17) is 14.2 Å². The normalized spacial score (nSPS) is 21.6. The molecule has 0 aliphatic carbocycles. The number of benzene rings is 1. The second kappa shape index (κ2) is 8.35. The average Bonchev–Trinajstić information content (AvgIpc) is 2.59. The Balaban J connectivity index is 2.39. The van der Waals surface area contributed by atoms with Gasteiger partial charge < -0.3 is 14.2 Å². The summed E-state index contributed by atoms with van der Waals surface area (Å²) >= 11 is 0. The van der Waals surface area contributed by atoms with Gasteiger partial charge in [-0.3, -0.25) is 4.79 Å². The molecule has 0 radical (unpaired) electrons. The van der Waals surface area contributed by atoms with E-state index in [9.17, 15) is 10.1 Å². The van der Waals surface area contributed by atoms with Gasteiger partial charge in [0.15, 0.2) is 5.92 Å². The molecule has 0 unspecified atom stereocenters. The molecule has 1 heterocycles. The van der Waals surface area contributed by atoms with Crippen molar-refractivity contribution in [2.75, 3.05) is 20.3 Å². The van der Waals surface area contributed by atoms with Crippen LogP contribution in [0, 0.1) is 23.2 Å². The van der Waals surface area contributed by atoms with Gasteiger partial charge in [0.2, 0.25) is 0 Å². The van der Waals surface area contributed by atoms with Crippen LogP contribution in [0.4, 0.5) is 0 Å². The maximum absolute atomic E-state index is 12.4. The molecule has 1 aromatic rings. The van der Waals surface area contributed by atoms with Crippen molar-refractivity contribution in [3.63, 3.8) is 0 Å².